The van der Waals surface area contributed by atoms with E-state index in [2.05, 4.69) is 4.98 Å². The van der Waals surface area contributed by atoms with E-state index in [0.29, 0.717) is 0 Å². The Morgan fingerprint density at radius 1 is 1.62 bits per heavy atom. The second-order valence-corrected chi connectivity index (χ2v) is 4.56. The summed E-state index contributed by atoms with van der Waals surface area (Å²) in [4.78, 5) is 3.68. The second kappa shape index (κ2) is 3.54. The number of sulfone groups is 1. The van der Waals surface area contributed by atoms with E-state index in [1.54, 1.807) is 6.07 Å². The third-order valence-electron chi connectivity index (χ3n) is 1.57. The van der Waals surface area contributed by atoms with Crippen LogP contribution in [-0.2, 0) is 9.84 Å². The van der Waals surface area contributed by atoms with Gasteiger partial charge in [0.2, 0.25) is 0 Å². The molecule has 1 aromatic heterocycles. The molecule has 1 heterocycles. The van der Waals surface area contributed by atoms with Crippen LogP contribution in [-0.4, -0.2) is 19.2 Å². The second-order valence-electron chi connectivity index (χ2n) is 2.37. The Morgan fingerprint density at radius 3 is 2.85 bits per heavy atom. The Labute approximate surface area is 76.8 Å². The zero-order valence-corrected chi connectivity index (χ0v) is 7.87. The van der Waals surface area contributed by atoms with Gasteiger partial charge >= 0.3 is 0 Å². The van der Waals surface area contributed by atoms with E-state index in [9.17, 15) is 8.42 Å². The first-order valence-electron chi connectivity index (χ1n) is 3.69. The van der Waals surface area contributed by atoms with Crippen LogP contribution in [0.4, 0.5) is 0 Å². The highest BCUT2D eigenvalue weighted by molar-refractivity contribution is 7.91. The zero-order chi connectivity index (χ0) is 9.90. The summed E-state index contributed by atoms with van der Waals surface area (Å²) in [7, 11) is -3.37. The molecular weight excluding hydrogens is 188 g/mol. The van der Waals surface area contributed by atoms with Crippen LogP contribution in [0, 0.1) is 11.3 Å². The topological polar surface area (TPSA) is 70.8 Å². The van der Waals surface area contributed by atoms with Crippen molar-refractivity contribution in [3.05, 3.63) is 23.9 Å². The third-order valence-corrected chi connectivity index (χ3v) is 3.24. The van der Waals surface area contributed by atoms with Crippen molar-refractivity contribution >= 4 is 9.84 Å². The summed E-state index contributed by atoms with van der Waals surface area (Å²) in [6, 6.07) is 4.77. The van der Waals surface area contributed by atoms with Crippen LogP contribution < -0.4 is 0 Å². The van der Waals surface area contributed by atoms with Gasteiger partial charge in [0.05, 0.1) is 11.3 Å². The highest BCUT2D eigenvalue weighted by Gasteiger charge is 2.17. The van der Waals surface area contributed by atoms with Gasteiger partial charge in [-0.05, 0) is 12.1 Å². The first-order valence-corrected chi connectivity index (χ1v) is 5.35. The molecule has 0 aliphatic heterocycles. The largest absolute Gasteiger partial charge is 0.243 e. The molecule has 0 bridgehead atoms. The molecular formula is C8H8N2O2S. The van der Waals surface area contributed by atoms with Crippen molar-refractivity contribution in [2.45, 2.75) is 11.9 Å². The van der Waals surface area contributed by atoms with E-state index < -0.39 is 9.84 Å². The molecule has 0 radical (unpaired) electrons. The molecule has 0 aliphatic carbocycles. The Kier molecular flexibility index (Phi) is 2.63. The highest BCUT2D eigenvalue weighted by atomic mass is 32.2. The molecule has 4 nitrogen and oxygen atoms in total. The molecule has 5 heteroatoms. The van der Waals surface area contributed by atoms with Gasteiger partial charge in [-0.1, -0.05) is 6.92 Å². The number of nitrogens with zero attached hydrogens (tertiary/aromatic N) is 2. The summed E-state index contributed by atoms with van der Waals surface area (Å²) in [5, 5.41) is 8.50. The Hall–Kier alpha value is -1.41. The maximum Gasteiger partial charge on any atom is 0.196 e. The van der Waals surface area contributed by atoms with E-state index in [-0.39, 0.29) is 16.3 Å². The van der Waals surface area contributed by atoms with Gasteiger partial charge in [-0.25, -0.2) is 13.4 Å². The Balaban J connectivity index is 3.40. The van der Waals surface area contributed by atoms with Gasteiger partial charge in [-0.15, -0.1) is 0 Å². The van der Waals surface area contributed by atoms with Crippen LogP contribution in [0.5, 0.6) is 0 Å². The quantitative estimate of drug-likeness (QED) is 0.699. The number of nitriles is 1. The Bertz CT molecular complexity index is 445. The fourth-order valence-corrected chi connectivity index (χ4v) is 1.80. The van der Waals surface area contributed by atoms with Crippen LogP contribution >= 0.6 is 0 Å². The van der Waals surface area contributed by atoms with E-state index in [4.69, 9.17) is 5.26 Å². The highest BCUT2D eigenvalue weighted by Crippen LogP contribution is 2.12. The van der Waals surface area contributed by atoms with Gasteiger partial charge in [-0.2, -0.15) is 5.26 Å². The predicted octanol–water partition coefficient (Wildman–Crippen LogP) is 0.747. The first kappa shape index (κ1) is 9.68. The van der Waals surface area contributed by atoms with Crippen molar-refractivity contribution in [1.82, 2.24) is 4.98 Å². The lowest BCUT2D eigenvalue weighted by Gasteiger charge is -2.00. The summed E-state index contributed by atoms with van der Waals surface area (Å²) in [5.74, 6) is -0.0430. The molecule has 0 unspecified atom stereocenters. The molecule has 0 spiro atoms. The standard InChI is InChI=1S/C8H8N2O2S/c1-2-13(11,12)8-7(6-9)4-3-5-10-8/h3-5H,2H2,1H3. The van der Waals surface area contributed by atoms with E-state index in [1.165, 1.54) is 25.3 Å². The lowest BCUT2D eigenvalue weighted by molar-refractivity contribution is 0.593. The summed E-state index contributed by atoms with van der Waals surface area (Å²) in [6.07, 6.45) is 1.36. The van der Waals surface area contributed by atoms with E-state index >= 15 is 0 Å². The van der Waals surface area contributed by atoms with Crippen LogP contribution in [0.25, 0.3) is 0 Å². The van der Waals surface area contributed by atoms with E-state index in [1.807, 2.05) is 0 Å². The number of pyridine rings is 1. The molecule has 0 aromatic carbocycles. The van der Waals surface area contributed by atoms with Gasteiger partial charge in [0.25, 0.3) is 0 Å². The number of hydrogen-bond acceptors (Lipinski definition) is 4. The van der Waals surface area contributed by atoms with Crippen molar-refractivity contribution in [2.24, 2.45) is 0 Å². The molecule has 1 aromatic rings. The van der Waals surface area contributed by atoms with Crippen LogP contribution in [0.3, 0.4) is 0 Å². The third kappa shape index (κ3) is 1.84. The van der Waals surface area contributed by atoms with Gasteiger partial charge in [-0.3, -0.25) is 0 Å². The smallest absolute Gasteiger partial charge is 0.196 e. The fraction of sp³-hybridized carbons (Fsp3) is 0.250. The molecule has 0 N–H and O–H groups in total. The van der Waals surface area contributed by atoms with Gasteiger partial charge in [0, 0.05) is 6.20 Å². The van der Waals surface area contributed by atoms with Crippen molar-refractivity contribution in [2.75, 3.05) is 5.75 Å². The molecule has 0 saturated carbocycles. The lowest BCUT2D eigenvalue weighted by atomic mass is 10.3. The molecule has 0 fully saturated rings. The monoisotopic (exact) mass is 196 g/mol. The normalized spacial score (nSPS) is 10.8. The van der Waals surface area contributed by atoms with E-state index in [0.717, 1.165) is 0 Å². The number of hydrogen-bond donors (Lipinski definition) is 0. The maximum atomic E-state index is 11.4. The molecule has 0 amide bonds. The molecule has 68 valence electrons. The van der Waals surface area contributed by atoms with Crippen molar-refractivity contribution < 1.29 is 8.42 Å². The first-order chi connectivity index (χ1) is 6.11. The summed E-state index contributed by atoms with van der Waals surface area (Å²) < 4.78 is 22.7. The van der Waals surface area contributed by atoms with Gasteiger partial charge in [0.15, 0.2) is 14.9 Å². The van der Waals surface area contributed by atoms with Crippen LogP contribution in [0.15, 0.2) is 23.4 Å². The summed E-state index contributed by atoms with van der Waals surface area (Å²) >= 11 is 0. The minimum absolute atomic E-state index is 0.0430. The zero-order valence-electron chi connectivity index (χ0n) is 7.06. The maximum absolute atomic E-state index is 11.4. The van der Waals surface area contributed by atoms with Crippen LogP contribution in [0.2, 0.25) is 0 Å². The molecule has 1 rings (SSSR count). The Morgan fingerprint density at radius 2 is 2.31 bits per heavy atom. The SMILES string of the molecule is CCS(=O)(=O)c1ncccc1C#N. The van der Waals surface area contributed by atoms with Gasteiger partial charge in [0.1, 0.15) is 6.07 Å². The minimum atomic E-state index is -3.37. The predicted molar refractivity (Wildman–Crippen MR) is 46.7 cm³/mol. The van der Waals surface area contributed by atoms with Crippen molar-refractivity contribution in [3.8, 4) is 6.07 Å². The molecule has 13 heavy (non-hydrogen) atoms. The summed E-state index contributed by atoms with van der Waals surface area (Å²) in [5.41, 5.74) is 0.101. The van der Waals surface area contributed by atoms with Gasteiger partial charge < -0.3 is 0 Å². The van der Waals surface area contributed by atoms with Crippen molar-refractivity contribution in [1.29, 1.82) is 5.26 Å². The minimum Gasteiger partial charge on any atom is -0.243 e. The number of aromatic nitrogens is 1. The lowest BCUT2D eigenvalue weighted by Crippen LogP contribution is -2.08. The average Bonchev–Trinajstić information content (AvgIpc) is 2.18. The summed E-state index contributed by atoms with van der Waals surface area (Å²) in [6.45, 7) is 1.52. The molecule has 0 aliphatic rings. The van der Waals surface area contributed by atoms with Crippen molar-refractivity contribution in [3.63, 3.8) is 0 Å². The molecule has 0 saturated heterocycles. The average molecular weight is 196 g/mol. The van der Waals surface area contributed by atoms with Crippen LogP contribution in [0.1, 0.15) is 12.5 Å². The number of rotatable bonds is 2. The molecule has 0 atom stereocenters. The fourth-order valence-electron chi connectivity index (χ4n) is 0.860.